The van der Waals surface area contributed by atoms with Crippen molar-refractivity contribution in [2.45, 2.75) is 13.3 Å². The summed E-state index contributed by atoms with van der Waals surface area (Å²) in [5, 5.41) is 17.6. The smallest absolute Gasteiger partial charge is 0.161 e. The van der Waals surface area contributed by atoms with Gasteiger partial charge in [0.05, 0.1) is 15.7 Å². The lowest BCUT2D eigenvalue weighted by Gasteiger charge is -2.23. The number of anilines is 1. The first kappa shape index (κ1) is 13.9. The summed E-state index contributed by atoms with van der Waals surface area (Å²) in [5.41, 5.74) is 0.733. The van der Waals surface area contributed by atoms with Crippen molar-refractivity contribution >= 4 is 21.6 Å². The van der Waals surface area contributed by atoms with Crippen LogP contribution in [0.1, 0.15) is 18.9 Å². The lowest BCUT2D eigenvalue weighted by Crippen LogP contribution is -2.25. The van der Waals surface area contributed by atoms with Gasteiger partial charge in [0, 0.05) is 19.7 Å². The Morgan fingerprint density at radius 3 is 2.76 bits per heavy atom. The van der Waals surface area contributed by atoms with E-state index in [4.69, 9.17) is 10.4 Å². The molecule has 0 saturated carbocycles. The molecular formula is C12H14BrFN2O. The third-order valence-electron chi connectivity index (χ3n) is 2.49. The highest BCUT2D eigenvalue weighted by atomic mass is 79.9. The second kappa shape index (κ2) is 6.58. The molecule has 0 aliphatic rings. The Labute approximate surface area is 109 Å². The molecular weight excluding hydrogens is 287 g/mol. The molecule has 0 heterocycles. The maximum atomic E-state index is 14.0. The summed E-state index contributed by atoms with van der Waals surface area (Å²) in [6.45, 7) is 3.23. The first-order valence-corrected chi connectivity index (χ1v) is 6.18. The molecule has 0 aliphatic carbocycles. The van der Waals surface area contributed by atoms with Crippen molar-refractivity contribution in [2.75, 3.05) is 24.6 Å². The predicted molar refractivity (Wildman–Crippen MR) is 68.4 cm³/mol. The minimum absolute atomic E-state index is 0.0789. The van der Waals surface area contributed by atoms with E-state index < -0.39 is 5.82 Å². The first-order valence-electron chi connectivity index (χ1n) is 5.39. The molecule has 0 bridgehead atoms. The SMILES string of the molecule is CCN(CCCO)c1ccc(C#N)c(Br)c1F. The summed E-state index contributed by atoms with van der Waals surface area (Å²) < 4.78 is 14.2. The largest absolute Gasteiger partial charge is 0.396 e. The van der Waals surface area contributed by atoms with Crippen LogP contribution < -0.4 is 4.90 Å². The van der Waals surface area contributed by atoms with Crippen molar-refractivity contribution in [3.8, 4) is 6.07 Å². The Morgan fingerprint density at radius 1 is 1.53 bits per heavy atom. The van der Waals surface area contributed by atoms with Gasteiger partial charge in [-0.2, -0.15) is 5.26 Å². The van der Waals surface area contributed by atoms with Crippen LogP contribution in [0.15, 0.2) is 16.6 Å². The van der Waals surface area contributed by atoms with Gasteiger partial charge in [-0.05, 0) is 41.4 Å². The molecule has 1 N–H and O–H groups in total. The highest BCUT2D eigenvalue weighted by Crippen LogP contribution is 2.29. The van der Waals surface area contributed by atoms with Gasteiger partial charge < -0.3 is 10.0 Å². The molecule has 3 nitrogen and oxygen atoms in total. The number of halogens is 2. The lowest BCUT2D eigenvalue weighted by molar-refractivity contribution is 0.289. The van der Waals surface area contributed by atoms with Gasteiger partial charge in [-0.15, -0.1) is 0 Å². The van der Waals surface area contributed by atoms with E-state index in [0.717, 1.165) is 0 Å². The zero-order chi connectivity index (χ0) is 12.8. The minimum Gasteiger partial charge on any atom is -0.396 e. The number of aliphatic hydroxyl groups excluding tert-OH is 1. The number of aliphatic hydroxyl groups is 1. The summed E-state index contributed by atoms with van der Waals surface area (Å²) in [6, 6.07) is 5.10. The highest BCUT2D eigenvalue weighted by molar-refractivity contribution is 9.10. The molecule has 0 unspecified atom stereocenters. The average Bonchev–Trinajstić information content (AvgIpc) is 2.35. The molecule has 17 heavy (non-hydrogen) atoms. The van der Waals surface area contributed by atoms with E-state index in [-0.39, 0.29) is 16.6 Å². The van der Waals surface area contributed by atoms with E-state index >= 15 is 0 Å². The van der Waals surface area contributed by atoms with Crippen LogP contribution in [0.5, 0.6) is 0 Å². The standard InChI is InChI=1S/C12H14BrFN2O/c1-2-16(6-3-7-17)10-5-4-9(8-15)11(13)12(10)14/h4-5,17H,2-3,6-7H2,1H3. The van der Waals surface area contributed by atoms with Gasteiger partial charge >= 0.3 is 0 Å². The van der Waals surface area contributed by atoms with Crippen LogP contribution in [0.25, 0.3) is 0 Å². The molecule has 0 amide bonds. The Kier molecular flexibility index (Phi) is 5.39. The number of nitrogens with zero attached hydrogens (tertiary/aromatic N) is 2. The molecule has 0 radical (unpaired) electrons. The van der Waals surface area contributed by atoms with Crippen LogP contribution in [0.3, 0.4) is 0 Å². The van der Waals surface area contributed by atoms with E-state index in [9.17, 15) is 4.39 Å². The van der Waals surface area contributed by atoms with Crippen LogP contribution in [0, 0.1) is 17.1 Å². The topological polar surface area (TPSA) is 47.3 Å². The number of nitriles is 1. The van der Waals surface area contributed by atoms with Crippen molar-refractivity contribution in [3.63, 3.8) is 0 Å². The van der Waals surface area contributed by atoms with E-state index in [1.165, 1.54) is 0 Å². The van der Waals surface area contributed by atoms with Gasteiger partial charge in [-0.3, -0.25) is 0 Å². The molecule has 0 fully saturated rings. The third-order valence-corrected chi connectivity index (χ3v) is 3.27. The van der Waals surface area contributed by atoms with Crippen molar-refractivity contribution in [1.82, 2.24) is 0 Å². The van der Waals surface area contributed by atoms with Gasteiger partial charge in [0.1, 0.15) is 6.07 Å². The second-order valence-electron chi connectivity index (χ2n) is 3.53. The zero-order valence-corrected chi connectivity index (χ0v) is 11.2. The van der Waals surface area contributed by atoms with Crippen LogP contribution in [-0.4, -0.2) is 24.8 Å². The maximum Gasteiger partial charge on any atom is 0.161 e. The van der Waals surface area contributed by atoms with Crippen LogP contribution in [-0.2, 0) is 0 Å². The summed E-state index contributed by atoms with van der Waals surface area (Å²) >= 11 is 3.08. The highest BCUT2D eigenvalue weighted by Gasteiger charge is 2.15. The van der Waals surface area contributed by atoms with E-state index in [1.807, 2.05) is 17.9 Å². The van der Waals surface area contributed by atoms with Crippen molar-refractivity contribution < 1.29 is 9.50 Å². The summed E-state index contributed by atoms with van der Waals surface area (Å²) in [4.78, 5) is 1.83. The Hall–Kier alpha value is -1.12. The van der Waals surface area contributed by atoms with Crippen LogP contribution in [0.2, 0.25) is 0 Å². The zero-order valence-electron chi connectivity index (χ0n) is 9.58. The molecule has 0 aromatic heterocycles. The molecule has 0 saturated heterocycles. The Bertz CT molecular complexity index is 431. The summed E-state index contributed by atoms with van der Waals surface area (Å²) in [6.07, 6.45) is 0.588. The molecule has 5 heteroatoms. The fourth-order valence-electron chi connectivity index (χ4n) is 1.58. The third kappa shape index (κ3) is 3.18. The van der Waals surface area contributed by atoms with Crippen molar-refractivity contribution in [2.24, 2.45) is 0 Å². The number of hydrogen-bond donors (Lipinski definition) is 1. The van der Waals surface area contributed by atoms with Gasteiger partial charge in [0.25, 0.3) is 0 Å². The van der Waals surface area contributed by atoms with Crippen LogP contribution >= 0.6 is 15.9 Å². The summed E-state index contributed by atoms with van der Waals surface area (Å²) in [7, 11) is 0. The summed E-state index contributed by atoms with van der Waals surface area (Å²) in [5.74, 6) is -0.427. The monoisotopic (exact) mass is 300 g/mol. The molecule has 1 aromatic rings. The average molecular weight is 301 g/mol. The number of rotatable bonds is 5. The van der Waals surface area contributed by atoms with Gasteiger partial charge in [0.2, 0.25) is 0 Å². The normalized spacial score (nSPS) is 10.1. The van der Waals surface area contributed by atoms with Crippen molar-refractivity contribution in [3.05, 3.63) is 28.0 Å². The fourth-order valence-corrected chi connectivity index (χ4v) is 2.00. The van der Waals surface area contributed by atoms with Crippen LogP contribution in [0.4, 0.5) is 10.1 Å². The van der Waals surface area contributed by atoms with E-state index in [0.29, 0.717) is 25.2 Å². The predicted octanol–water partition coefficient (Wildman–Crippen LogP) is 2.67. The Balaban J connectivity index is 3.05. The fraction of sp³-hybridized carbons (Fsp3) is 0.417. The van der Waals surface area contributed by atoms with Crippen molar-refractivity contribution in [1.29, 1.82) is 5.26 Å². The number of hydrogen-bond acceptors (Lipinski definition) is 3. The second-order valence-corrected chi connectivity index (χ2v) is 4.32. The maximum absolute atomic E-state index is 14.0. The lowest BCUT2D eigenvalue weighted by atomic mass is 10.2. The molecule has 0 spiro atoms. The molecule has 92 valence electrons. The Morgan fingerprint density at radius 2 is 2.24 bits per heavy atom. The van der Waals surface area contributed by atoms with E-state index in [2.05, 4.69) is 15.9 Å². The number of benzene rings is 1. The van der Waals surface area contributed by atoms with Gasteiger partial charge in [-0.1, -0.05) is 0 Å². The molecule has 1 aromatic carbocycles. The molecule has 1 rings (SSSR count). The first-order chi connectivity index (χ1) is 8.15. The molecule has 0 aliphatic heterocycles. The molecule has 0 atom stereocenters. The quantitative estimate of drug-likeness (QED) is 0.909. The van der Waals surface area contributed by atoms with E-state index in [1.54, 1.807) is 12.1 Å². The van der Waals surface area contributed by atoms with Gasteiger partial charge in [-0.25, -0.2) is 4.39 Å². The minimum atomic E-state index is -0.427. The van der Waals surface area contributed by atoms with Gasteiger partial charge in [0.15, 0.2) is 5.82 Å².